The van der Waals surface area contributed by atoms with Gasteiger partial charge in [-0.2, -0.15) is 0 Å². The monoisotopic (exact) mass is 221 g/mol. The van der Waals surface area contributed by atoms with E-state index in [-0.39, 0.29) is 5.97 Å². The molecule has 0 aliphatic heterocycles. The van der Waals surface area contributed by atoms with Gasteiger partial charge in [-0.25, -0.2) is 0 Å². The number of rotatable bonds is 5. The number of ether oxygens (including phenoxy) is 1. The van der Waals surface area contributed by atoms with Crippen LogP contribution in [0.4, 0.5) is 5.69 Å². The SMILES string of the molecule is COC(=O)CCCNc1cc(C)cc(C)c1. The number of esters is 1. The molecule has 88 valence electrons. The number of methoxy groups -OCH3 is 1. The Morgan fingerprint density at radius 1 is 1.25 bits per heavy atom. The van der Waals surface area contributed by atoms with E-state index >= 15 is 0 Å². The lowest BCUT2D eigenvalue weighted by atomic mass is 10.1. The van der Waals surface area contributed by atoms with Gasteiger partial charge in [0.25, 0.3) is 0 Å². The predicted molar refractivity (Wildman–Crippen MR) is 65.7 cm³/mol. The highest BCUT2D eigenvalue weighted by Gasteiger charge is 1.99. The predicted octanol–water partition coefficient (Wildman–Crippen LogP) is 2.67. The zero-order chi connectivity index (χ0) is 12.0. The molecular weight excluding hydrogens is 202 g/mol. The average molecular weight is 221 g/mol. The van der Waals surface area contributed by atoms with E-state index in [0.29, 0.717) is 6.42 Å². The third kappa shape index (κ3) is 4.34. The van der Waals surface area contributed by atoms with E-state index < -0.39 is 0 Å². The van der Waals surface area contributed by atoms with Gasteiger partial charge in [0.1, 0.15) is 0 Å². The quantitative estimate of drug-likeness (QED) is 0.613. The van der Waals surface area contributed by atoms with Crippen molar-refractivity contribution < 1.29 is 9.53 Å². The first-order valence-corrected chi connectivity index (χ1v) is 5.51. The molecule has 3 heteroatoms. The zero-order valence-electron chi connectivity index (χ0n) is 10.2. The molecule has 0 saturated heterocycles. The summed E-state index contributed by atoms with van der Waals surface area (Å²) in [4.78, 5) is 10.9. The Labute approximate surface area is 96.8 Å². The standard InChI is InChI=1S/C13H19NO2/c1-10-7-11(2)9-12(8-10)14-6-4-5-13(15)16-3/h7-9,14H,4-6H2,1-3H3. The molecule has 1 rings (SSSR count). The lowest BCUT2D eigenvalue weighted by Crippen LogP contribution is -2.06. The van der Waals surface area contributed by atoms with Gasteiger partial charge in [-0.15, -0.1) is 0 Å². The number of carbonyl (C=O) groups is 1. The Kier molecular flexibility index (Phi) is 4.83. The second-order valence-corrected chi connectivity index (χ2v) is 3.98. The van der Waals surface area contributed by atoms with Crippen LogP contribution in [0.1, 0.15) is 24.0 Å². The van der Waals surface area contributed by atoms with Crippen molar-refractivity contribution in [1.29, 1.82) is 0 Å². The van der Waals surface area contributed by atoms with E-state index in [2.05, 4.69) is 42.1 Å². The van der Waals surface area contributed by atoms with Crippen LogP contribution in [0.5, 0.6) is 0 Å². The minimum Gasteiger partial charge on any atom is -0.469 e. The number of nitrogens with one attached hydrogen (secondary N) is 1. The summed E-state index contributed by atoms with van der Waals surface area (Å²) in [6.07, 6.45) is 1.26. The normalized spacial score (nSPS) is 9.94. The van der Waals surface area contributed by atoms with Gasteiger partial charge in [0.2, 0.25) is 0 Å². The first-order chi connectivity index (χ1) is 7.61. The minimum atomic E-state index is -0.151. The van der Waals surface area contributed by atoms with Crippen molar-refractivity contribution in [2.75, 3.05) is 19.0 Å². The molecule has 0 unspecified atom stereocenters. The van der Waals surface area contributed by atoms with Crippen LogP contribution in [0.15, 0.2) is 18.2 Å². The van der Waals surface area contributed by atoms with E-state index in [4.69, 9.17) is 0 Å². The van der Waals surface area contributed by atoms with Crippen molar-refractivity contribution in [3.05, 3.63) is 29.3 Å². The van der Waals surface area contributed by atoms with Crippen LogP contribution in [0.2, 0.25) is 0 Å². The van der Waals surface area contributed by atoms with Crippen molar-refractivity contribution in [2.45, 2.75) is 26.7 Å². The maximum Gasteiger partial charge on any atom is 0.305 e. The molecule has 1 aromatic rings. The number of aryl methyl sites for hydroxylation is 2. The fourth-order valence-electron chi connectivity index (χ4n) is 1.64. The molecule has 0 aliphatic carbocycles. The van der Waals surface area contributed by atoms with Gasteiger partial charge < -0.3 is 10.1 Å². The lowest BCUT2D eigenvalue weighted by molar-refractivity contribution is -0.140. The summed E-state index contributed by atoms with van der Waals surface area (Å²) in [5.41, 5.74) is 3.60. The highest BCUT2D eigenvalue weighted by Crippen LogP contribution is 2.13. The van der Waals surface area contributed by atoms with Crippen LogP contribution in [-0.2, 0) is 9.53 Å². The highest BCUT2D eigenvalue weighted by atomic mass is 16.5. The van der Waals surface area contributed by atoms with Gasteiger partial charge in [-0.3, -0.25) is 4.79 Å². The van der Waals surface area contributed by atoms with Crippen molar-refractivity contribution >= 4 is 11.7 Å². The molecule has 0 amide bonds. The minimum absolute atomic E-state index is 0.151. The van der Waals surface area contributed by atoms with E-state index in [1.54, 1.807) is 0 Å². The van der Waals surface area contributed by atoms with E-state index in [1.807, 2.05) is 0 Å². The molecule has 0 atom stereocenters. The van der Waals surface area contributed by atoms with Crippen molar-refractivity contribution in [3.63, 3.8) is 0 Å². The second kappa shape index (κ2) is 6.16. The van der Waals surface area contributed by atoms with Crippen LogP contribution < -0.4 is 5.32 Å². The number of hydrogen-bond acceptors (Lipinski definition) is 3. The summed E-state index contributed by atoms with van der Waals surface area (Å²) in [6, 6.07) is 6.34. The van der Waals surface area contributed by atoms with Crippen LogP contribution in [0, 0.1) is 13.8 Å². The molecule has 0 aromatic heterocycles. The van der Waals surface area contributed by atoms with E-state index in [0.717, 1.165) is 18.7 Å². The molecule has 0 bridgehead atoms. The Bertz CT molecular complexity index is 341. The molecule has 0 aliphatic rings. The molecular formula is C13H19NO2. The van der Waals surface area contributed by atoms with Crippen molar-refractivity contribution in [3.8, 4) is 0 Å². The molecule has 1 aromatic carbocycles. The van der Waals surface area contributed by atoms with Crippen LogP contribution in [0.3, 0.4) is 0 Å². The van der Waals surface area contributed by atoms with Gasteiger partial charge in [0.15, 0.2) is 0 Å². The second-order valence-electron chi connectivity index (χ2n) is 3.98. The molecule has 16 heavy (non-hydrogen) atoms. The van der Waals surface area contributed by atoms with E-state index in [1.165, 1.54) is 18.2 Å². The fraction of sp³-hybridized carbons (Fsp3) is 0.462. The molecule has 0 spiro atoms. The molecule has 0 saturated carbocycles. The maximum atomic E-state index is 10.9. The number of benzene rings is 1. The summed E-state index contributed by atoms with van der Waals surface area (Å²) in [5, 5.41) is 3.30. The first kappa shape index (κ1) is 12.6. The molecule has 0 fully saturated rings. The van der Waals surface area contributed by atoms with Gasteiger partial charge >= 0.3 is 5.97 Å². The number of anilines is 1. The third-order valence-corrected chi connectivity index (χ3v) is 2.34. The molecule has 1 N–H and O–H groups in total. The summed E-state index contributed by atoms with van der Waals surface area (Å²) < 4.78 is 4.57. The number of carbonyl (C=O) groups excluding carboxylic acids is 1. The van der Waals surface area contributed by atoms with Gasteiger partial charge in [0, 0.05) is 18.7 Å². The molecule has 0 heterocycles. The van der Waals surface area contributed by atoms with Crippen molar-refractivity contribution in [2.24, 2.45) is 0 Å². The highest BCUT2D eigenvalue weighted by molar-refractivity contribution is 5.69. The summed E-state index contributed by atoms with van der Waals surface area (Å²) in [7, 11) is 1.42. The summed E-state index contributed by atoms with van der Waals surface area (Å²) >= 11 is 0. The summed E-state index contributed by atoms with van der Waals surface area (Å²) in [5.74, 6) is -0.151. The van der Waals surface area contributed by atoms with Crippen molar-refractivity contribution in [1.82, 2.24) is 0 Å². The average Bonchev–Trinajstić information content (AvgIpc) is 2.22. The molecule has 3 nitrogen and oxygen atoms in total. The Hall–Kier alpha value is -1.51. The topological polar surface area (TPSA) is 38.3 Å². The Morgan fingerprint density at radius 2 is 1.88 bits per heavy atom. The summed E-state index contributed by atoms with van der Waals surface area (Å²) in [6.45, 7) is 4.94. The third-order valence-electron chi connectivity index (χ3n) is 2.34. The van der Waals surface area contributed by atoms with Crippen LogP contribution in [-0.4, -0.2) is 19.6 Å². The number of hydrogen-bond donors (Lipinski definition) is 1. The Morgan fingerprint density at radius 3 is 2.44 bits per heavy atom. The first-order valence-electron chi connectivity index (χ1n) is 5.51. The lowest BCUT2D eigenvalue weighted by Gasteiger charge is -2.08. The van der Waals surface area contributed by atoms with Gasteiger partial charge in [-0.1, -0.05) is 6.07 Å². The smallest absolute Gasteiger partial charge is 0.305 e. The molecule has 0 radical (unpaired) electrons. The Balaban J connectivity index is 2.34. The maximum absolute atomic E-state index is 10.9. The van der Waals surface area contributed by atoms with Gasteiger partial charge in [-0.05, 0) is 43.5 Å². The zero-order valence-corrected chi connectivity index (χ0v) is 10.2. The fourth-order valence-corrected chi connectivity index (χ4v) is 1.64. The van der Waals surface area contributed by atoms with Gasteiger partial charge in [0.05, 0.1) is 7.11 Å². The van der Waals surface area contributed by atoms with Crippen LogP contribution in [0.25, 0.3) is 0 Å². The largest absolute Gasteiger partial charge is 0.469 e. The van der Waals surface area contributed by atoms with Crippen LogP contribution >= 0.6 is 0 Å². The van der Waals surface area contributed by atoms with E-state index in [9.17, 15) is 4.79 Å².